The van der Waals surface area contributed by atoms with Crippen molar-refractivity contribution in [3.8, 4) is 0 Å². The van der Waals surface area contributed by atoms with Crippen molar-refractivity contribution >= 4 is 11.7 Å². The number of hydrazone groups is 1. The summed E-state index contributed by atoms with van der Waals surface area (Å²) >= 11 is 0. The minimum atomic E-state index is -0.679. The van der Waals surface area contributed by atoms with Gasteiger partial charge in [-0.3, -0.25) is 0 Å². The van der Waals surface area contributed by atoms with Crippen LogP contribution in [0.25, 0.3) is 0 Å². The Bertz CT molecular complexity index is 296. The third-order valence-corrected chi connectivity index (χ3v) is 2.22. The number of nitrogens with zero attached hydrogens (tertiary/aromatic N) is 1. The molecule has 2 aliphatic heterocycles. The Hall–Kier alpha value is -1.14. The lowest BCUT2D eigenvalue weighted by molar-refractivity contribution is 0.249. The van der Waals surface area contributed by atoms with Crippen molar-refractivity contribution in [2.45, 2.75) is 31.7 Å². The normalized spacial score (nSPS) is 33.7. The van der Waals surface area contributed by atoms with Crippen LogP contribution in [0.15, 0.2) is 5.10 Å². The van der Waals surface area contributed by atoms with Gasteiger partial charge in [0.15, 0.2) is 0 Å². The van der Waals surface area contributed by atoms with E-state index in [2.05, 4.69) is 10.5 Å². The number of carbonyl (C=O) groups is 1. The van der Waals surface area contributed by atoms with E-state index >= 15 is 0 Å². The quantitative estimate of drug-likeness (QED) is 0.367. The molecule has 0 spiro atoms. The second-order valence-electron chi connectivity index (χ2n) is 3.94. The Morgan fingerprint density at radius 2 is 2.21 bits per heavy atom. The fourth-order valence-electron chi connectivity index (χ4n) is 1.32. The van der Waals surface area contributed by atoms with Crippen LogP contribution >= 0.6 is 0 Å². The molecule has 0 saturated carbocycles. The largest absolute Gasteiger partial charge is 0.367 e. The van der Waals surface area contributed by atoms with E-state index < -0.39 is 6.03 Å². The molecule has 2 unspecified atom stereocenters. The third kappa shape index (κ3) is 1.85. The molecule has 0 aromatic carbocycles. The molecule has 0 aliphatic carbocycles. The molecule has 2 amide bonds. The Kier molecular flexibility index (Phi) is 1.97. The highest BCUT2D eigenvalue weighted by Crippen LogP contribution is 2.38. The minimum absolute atomic E-state index is 0.0198. The average Bonchev–Trinajstić information content (AvgIpc) is 2.91. The van der Waals surface area contributed by atoms with Gasteiger partial charge >= 0.3 is 6.03 Å². The lowest BCUT2D eigenvalue weighted by Crippen LogP contribution is -2.30. The first-order valence-electron chi connectivity index (χ1n) is 4.43. The second-order valence-corrected chi connectivity index (χ2v) is 3.94. The van der Waals surface area contributed by atoms with E-state index in [0.29, 0.717) is 12.3 Å². The summed E-state index contributed by atoms with van der Waals surface area (Å²) in [7, 11) is 0. The average molecular weight is 199 g/mol. The molecular formula is C8H13N3O3. The van der Waals surface area contributed by atoms with E-state index in [0.717, 1.165) is 0 Å². The zero-order chi connectivity index (χ0) is 10.3. The highest BCUT2D eigenvalue weighted by molar-refractivity contribution is 5.97. The van der Waals surface area contributed by atoms with E-state index in [4.69, 9.17) is 15.2 Å². The van der Waals surface area contributed by atoms with Crippen molar-refractivity contribution in [1.29, 1.82) is 0 Å². The number of hydrogen-bond acceptors (Lipinski definition) is 4. The predicted molar refractivity (Wildman–Crippen MR) is 48.8 cm³/mol. The van der Waals surface area contributed by atoms with Gasteiger partial charge in [0.2, 0.25) is 0 Å². The lowest BCUT2D eigenvalue weighted by Gasteiger charge is -2.00. The van der Waals surface area contributed by atoms with E-state index in [9.17, 15) is 4.79 Å². The first kappa shape index (κ1) is 9.42. The van der Waals surface area contributed by atoms with E-state index in [1.807, 2.05) is 13.8 Å². The van der Waals surface area contributed by atoms with Crippen LogP contribution in [0.5, 0.6) is 0 Å². The zero-order valence-corrected chi connectivity index (χ0v) is 8.11. The molecular weight excluding hydrogens is 186 g/mol. The molecule has 2 rings (SSSR count). The molecule has 6 heteroatoms. The number of rotatable bonds is 3. The third-order valence-electron chi connectivity index (χ3n) is 2.22. The predicted octanol–water partition coefficient (Wildman–Crippen LogP) is -0.413. The van der Waals surface area contributed by atoms with E-state index in [1.54, 1.807) is 0 Å². The van der Waals surface area contributed by atoms with Crippen LogP contribution in [-0.2, 0) is 9.47 Å². The fourth-order valence-corrected chi connectivity index (χ4v) is 1.32. The number of ether oxygens (including phenoxy) is 2. The smallest absolute Gasteiger partial charge is 0.332 e. The van der Waals surface area contributed by atoms with Crippen molar-refractivity contribution in [2.24, 2.45) is 10.8 Å². The maximum absolute atomic E-state index is 10.5. The van der Waals surface area contributed by atoms with Crippen LogP contribution in [0, 0.1) is 0 Å². The van der Waals surface area contributed by atoms with Gasteiger partial charge in [0, 0.05) is 0 Å². The fraction of sp³-hybridized carbons (Fsp3) is 0.750. The summed E-state index contributed by atoms with van der Waals surface area (Å²) in [6, 6.07) is -0.679. The molecule has 14 heavy (non-hydrogen) atoms. The Balaban J connectivity index is 2.01. The summed E-state index contributed by atoms with van der Waals surface area (Å²) < 4.78 is 10.5. The second kappa shape index (κ2) is 2.93. The van der Waals surface area contributed by atoms with Crippen molar-refractivity contribution in [2.75, 3.05) is 6.61 Å². The standard InChI is InChI=1S/C8H13N3O3/c1-8(2)6(14-8)5(4-3-13-4)10-11-7(9)12/h4,6H,3H2,1-2H3,(H3,9,11,12)/b10-5+. The SMILES string of the molecule is CC1(C)OC1/C(=N/NC(N)=O)C1CO1. The highest BCUT2D eigenvalue weighted by atomic mass is 16.6. The molecule has 3 N–H and O–H groups in total. The van der Waals surface area contributed by atoms with Gasteiger partial charge in [0.1, 0.15) is 17.9 Å². The number of carbonyl (C=O) groups excluding carboxylic acids is 1. The number of nitrogens with one attached hydrogen (secondary N) is 1. The van der Waals surface area contributed by atoms with E-state index in [1.165, 1.54) is 0 Å². The molecule has 2 saturated heterocycles. The van der Waals surface area contributed by atoms with Crippen molar-refractivity contribution in [3.63, 3.8) is 0 Å². The number of epoxide rings is 2. The van der Waals surface area contributed by atoms with Gasteiger partial charge in [-0.1, -0.05) is 0 Å². The molecule has 0 bridgehead atoms. The highest BCUT2D eigenvalue weighted by Gasteiger charge is 2.55. The van der Waals surface area contributed by atoms with E-state index in [-0.39, 0.29) is 17.8 Å². The van der Waals surface area contributed by atoms with Gasteiger partial charge in [-0.15, -0.1) is 0 Å². The Morgan fingerprint density at radius 3 is 2.57 bits per heavy atom. The number of amides is 2. The van der Waals surface area contributed by atoms with Crippen LogP contribution < -0.4 is 11.2 Å². The van der Waals surface area contributed by atoms with Crippen molar-refractivity contribution in [3.05, 3.63) is 0 Å². The molecule has 2 atom stereocenters. The minimum Gasteiger partial charge on any atom is -0.367 e. The van der Waals surface area contributed by atoms with Gasteiger partial charge in [-0.25, -0.2) is 10.2 Å². The summed E-state index contributed by atoms with van der Waals surface area (Å²) in [5.41, 5.74) is 7.62. The lowest BCUT2D eigenvalue weighted by atomic mass is 10.1. The zero-order valence-electron chi connectivity index (χ0n) is 8.11. The Labute approximate surface area is 81.4 Å². The molecule has 2 heterocycles. The van der Waals surface area contributed by atoms with Crippen molar-refractivity contribution < 1.29 is 14.3 Å². The first-order valence-corrected chi connectivity index (χ1v) is 4.43. The number of primary amides is 1. The summed E-state index contributed by atoms with van der Waals surface area (Å²) in [4.78, 5) is 10.5. The molecule has 0 aromatic rings. The van der Waals surface area contributed by atoms with Crippen LogP contribution in [0.4, 0.5) is 4.79 Å². The van der Waals surface area contributed by atoms with Crippen molar-refractivity contribution in [1.82, 2.24) is 5.43 Å². The van der Waals surface area contributed by atoms with Gasteiger partial charge in [0.05, 0.1) is 12.2 Å². The molecule has 6 nitrogen and oxygen atoms in total. The van der Waals surface area contributed by atoms with Gasteiger partial charge in [0.25, 0.3) is 0 Å². The summed E-state index contributed by atoms with van der Waals surface area (Å²) in [5, 5.41) is 3.88. The first-order chi connectivity index (χ1) is 6.50. The molecule has 78 valence electrons. The number of hydrogen-bond donors (Lipinski definition) is 2. The summed E-state index contributed by atoms with van der Waals surface area (Å²) in [6.45, 7) is 4.55. The van der Waals surface area contributed by atoms with Crippen LogP contribution in [0.2, 0.25) is 0 Å². The summed E-state index contributed by atoms with van der Waals surface area (Å²) in [6.07, 6.45) is -0.0875. The van der Waals surface area contributed by atoms with Crippen LogP contribution in [0.1, 0.15) is 13.8 Å². The molecule has 0 radical (unpaired) electrons. The van der Waals surface area contributed by atoms with Gasteiger partial charge < -0.3 is 15.2 Å². The molecule has 2 fully saturated rings. The Morgan fingerprint density at radius 1 is 1.64 bits per heavy atom. The summed E-state index contributed by atoms with van der Waals surface area (Å²) in [5.74, 6) is 0. The number of urea groups is 1. The molecule has 0 aromatic heterocycles. The maximum atomic E-state index is 10.5. The monoisotopic (exact) mass is 199 g/mol. The van der Waals surface area contributed by atoms with Gasteiger partial charge in [-0.05, 0) is 13.8 Å². The topological polar surface area (TPSA) is 92.5 Å². The maximum Gasteiger partial charge on any atom is 0.332 e. The van der Waals surface area contributed by atoms with Gasteiger partial charge in [-0.2, -0.15) is 5.10 Å². The van der Waals surface area contributed by atoms with Crippen LogP contribution in [-0.4, -0.2) is 36.2 Å². The number of nitrogens with two attached hydrogens (primary N) is 1. The molecule has 2 aliphatic rings. The van der Waals surface area contributed by atoms with Crippen LogP contribution in [0.3, 0.4) is 0 Å².